The average Bonchev–Trinajstić information content (AvgIpc) is 3.90. The van der Waals surface area contributed by atoms with Crippen molar-refractivity contribution < 1.29 is 4.42 Å². The number of allylic oxidation sites excluding steroid dienone is 4. The van der Waals surface area contributed by atoms with Gasteiger partial charge in [-0.25, -0.2) is 4.99 Å². The highest BCUT2D eigenvalue weighted by molar-refractivity contribution is 6.03. The van der Waals surface area contributed by atoms with Gasteiger partial charge in [0, 0.05) is 33.8 Å². The second kappa shape index (κ2) is 12.2. The molecule has 0 amide bonds. The minimum Gasteiger partial charge on any atom is -0.456 e. The Balaban J connectivity index is 1.11. The maximum absolute atomic E-state index is 6.88. The molecule has 268 valence electrons. The van der Waals surface area contributed by atoms with Gasteiger partial charge < -0.3 is 14.6 Å². The van der Waals surface area contributed by atoms with E-state index in [1.807, 2.05) is 0 Å². The van der Waals surface area contributed by atoms with E-state index in [4.69, 9.17) is 9.41 Å². The minimum atomic E-state index is -0.117. The summed E-state index contributed by atoms with van der Waals surface area (Å²) < 4.78 is 9.43. The van der Waals surface area contributed by atoms with Crippen LogP contribution in [0.5, 0.6) is 0 Å². The van der Waals surface area contributed by atoms with Crippen molar-refractivity contribution in [2.75, 3.05) is 5.32 Å². The van der Waals surface area contributed by atoms with Crippen LogP contribution in [-0.4, -0.2) is 21.3 Å². The van der Waals surface area contributed by atoms with Crippen LogP contribution >= 0.6 is 0 Å². The summed E-state index contributed by atoms with van der Waals surface area (Å²) in [7, 11) is 0. The minimum absolute atomic E-state index is 0.117. The molecule has 2 aromatic heterocycles. The number of hydrogen-bond donors (Lipinski definition) is 1. The van der Waals surface area contributed by atoms with E-state index in [0.717, 1.165) is 67.1 Å². The molecule has 5 nitrogen and oxygen atoms in total. The number of nitrogens with zero attached hydrogens (tertiary/aromatic N) is 3. The lowest BCUT2D eigenvalue weighted by molar-refractivity contribution is 0.323. The van der Waals surface area contributed by atoms with E-state index in [-0.39, 0.29) is 12.0 Å². The molecule has 0 bridgehead atoms. The number of fused-ring (bicyclic) bond motifs is 10. The van der Waals surface area contributed by atoms with Crippen LogP contribution in [0.25, 0.3) is 34.3 Å². The van der Waals surface area contributed by atoms with Gasteiger partial charge in [-0.3, -0.25) is 4.57 Å². The average molecular weight is 715 g/mol. The molecule has 0 fully saturated rings. The Morgan fingerprint density at radius 1 is 0.727 bits per heavy atom. The molecular weight excluding hydrogens is 673 g/mol. The van der Waals surface area contributed by atoms with E-state index in [0.29, 0.717) is 6.04 Å². The second-order valence-electron chi connectivity index (χ2n) is 16.0. The van der Waals surface area contributed by atoms with Crippen molar-refractivity contribution >= 4 is 51.5 Å². The van der Waals surface area contributed by atoms with E-state index >= 15 is 0 Å². The fourth-order valence-corrected chi connectivity index (χ4v) is 10.6. The third kappa shape index (κ3) is 4.75. The molecule has 55 heavy (non-hydrogen) atoms. The Labute approximate surface area is 321 Å². The van der Waals surface area contributed by atoms with Crippen LogP contribution in [0.2, 0.25) is 0 Å². The van der Waals surface area contributed by atoms with Crippen molar-refractivity contribution in [3.8, 4) is 0 Å². The van der Waals surface area contributed by atoms with Gasteiger partial charge in [-0.05, 0) is 110 Å². The molecule has 6 aromatic rings. The van der Waals surface area contributed by atoms with E-state index in [2.05, 4.69) is 148 Å². The Hall–Kier alpha value is -6.07. The molecule has 4 aliphatic carbocycles. The van der Waals surface area contributed by atoms with Crippen molar-refractivity contribution in [2.45, 2.75) is 63.5 Å². The standard InChI is InChI=1S/C50H42N4O/c1-4-14-31(15-5-1)33-24-25-35-38-29-39-45(53(34-18-8-3-9-19-34)42-27-26-37-36-20-10-13-23-46(36)55-49(37)47(39)42)30-44(38)54(43(35)28-33)50-48(32-16-6-2-7-17-32)51-40-21-11-12-22-41(40)52-50/h1-2,4-8,10-18,20-23,28,30,34,39,48,51H,3,9,19,24-27,29H2. The van der Waals surface area contributed by atoms with Crippen LogP contribution in [0.1, 0.15) is 83.1 Å². The fraction of sp³-hybridized carbons (Fsp3) is 0.220. The number of para-hydroxylation sites is 3. The molecule has 3 atom stereocenters. The highest BCUT2D eigenvalue weighted by atomic mass is 16.3. The molecule has 6 aliphatic rings. The van der Waals surface area contributed by atoms with Gasteiger partial charge in [0.2, 0.25) is 0 Å². The summed E-state index contributed by atoms with van der Waals surface area (Å²) >= 11 is 0. The molecular formula is C50H42N4O. The summed E-state index contributed by atoms with van der Waals surface area (Å²) in [5, 5.41) is 5.22. The smallest absolute Gasteiger partial charge is 0.141 e. The van der Waals surface area contributed by atoms with Crippen LogP contribution in [0.3, 0.4) is 0 Å². The van der Waals surface area contributed by atoms with Crippen LogP contribution < -0.4 is 5.32 Å². The summed E-state index contributed by atoms with van der Waals surface area (Å²) in [6.45, 7) is 0. The monoisotopic (exact) mass is 714 g/mol. The topological polar surface area (TPSA) is 45.7 Å². The molecule has 3 unspecified atom stereocenters. The number of furan rings is 1. The molecule has 4 heterocycles. The van der Waals surface area contributed by atoms with Crippen molar-refractivity contribution in [3.05, 3.63) is 178 Å². The predicted molar refractivity (Wildman–Crippen MR) is 224 cm³/mol. The number of hydrogen-bond acceptors (Lipinski definition) is 4. The third-order valence-electron chi connectivity index (χ3n) is 13.0. The zero-order valence-electron chi connectivity index (χ0n) is 30.8. The first-order valence-corrected chi connectivity index (χ1v) is 20.2. The highest BCUT2D eigenvalue weighted by Gasteiger charge is 2.47. The van der Waals surface area contributed by atoms with Crippen molar-refractivity contribution in [1.29, 1.82) is 0 Å². The maximum atomic E-state index is 6.88. The quantitative estimate of drug-likeness (QED) is 0.186. The number of benzene rings is 4. The van der Waals surface area contributed by atoms with Crippen molar-refractivity contribution in [3.63, 3.8) is 0 Å². The van der Waals surface area contributed by atoms with Crippen LogP contribution in [0.15, 0.2) is 142 Å². The molecule has 0 radical (unpaired) electrons. The molecule has 2 aliphatic heterocycles. The van der Waals surface area contributed by atoms with Crippen LogP contribution in [0.4, 0.5) is 11.4 Å². The number of anilines is 1. The number of aliphatic imine (C=N–C) groups is 1. The maximum Gasteiger partial charge on any atom is 0.141 e. The van der Waals surface area contributed by atoms with Gasteiger partial charge in [-0.1, -0.05) is 103 Å². The first-order chi connectivity index (χ1) is 27.3. The zero-order valence-corrected chi connectivity index (χ0v) is 30.8. The molecule has 1 N–H and O–H groups in total. The molecule has 12 rings (SSSR count). The van der Waals surface area contributed by atoms with Gasteiger partial charge in [-0.15, -0.1) is 0 Å². The van der Waals surface area contributed by atoms with E-state index in [9.17, 15) is 0 Å². The number of aromatic nitrogens is 1. The molecule has 0 spiro atoms. The lowest BCUT2D eigenvalue weighted by atomic mass is 9.80. The van der Waals surface area contributed by atoms with Crippen molar-refractivity contribution in [2.24, 2.45) is 10.9 Å². The fourth-order valence-electron chi connectivity index (χ4n) is 10.6. The largest absolute Gasteiger partial charge is 0.456 e. The Morgan fingerprint density at radius 3 is 2.38 bits per heavy atom. The summed E-state index contributed by atoms with van der Waals surface area (Å²) in [6, 6.07) is 39.2. The van der Waals surface area contributed by atoms with Gasteiger partial charge in [0.1, 0.15) is 23.2 Å². The summed E-state index contributed by atoms with van der Waals surface area (Å²) in [6.07, 6.45) is 18.5. The summed E-state index contributed by atoms with van der Waals surface area (Å²) in [4.78, 5) is 8.34. The van der Waals surface area contributed by atoms with Crippen LogP contribution in [-0.2, 0) is 19.3 Å². The van der Waals surface area contributed by atoms with Crippen LogP contribution in [0, 0.1) is 5.92 Å². The lowest BCUT2D eigenvalue weighted by Gasteiger charge is -2.36. The molecule has 0 saturated carbocycles. The highest BCUT2D eigenvalue weighted by Crippen LogP contribution is 2.56. The van der Waals surface area contributed by atoms with E-state index in [1.165, 1.54) is 80.0 Å². The number of aryl methyl sites for hydroxylation is 1. The normalized spacial score (nSPS) is 22.1. The number of nitrogens with one attached hydrogen (secondary N) is 1. The van der Waals surface area contributed by atoms with Gasteiger partial charge >= 0.3 is 0 Å². The van der Waals surface area contributed by atoms with Gasteiger partial charge in [0.05, 0.1) is 28.8 Å². The Bertz CT molecular complexity index is 2700. The van der Waals surface area contributed by atoms with Gasteiger partial charge in [-0.2, -0.15) is 0 Å². The third-order valence-corrected chi connectivity index (χ3v) is 13.0. The zero-order chi connectivity index (χ0) is 36.0. The lowest BCUT2D eigenvalue weighted by Crippen LogP contribution is -2.34. The molecule has 4 aromatic carbocycles. The Kier molecular flexibility index (Phi) is 6.96. The summed E-state index contributed by atoms with van der Waals surface area (Å²) in [5.74, 6) is 2.40. The second-order valence-corrected chi connectivity index (χ2v) is 16.0. The van der Waals surface area contributed by atoms with E-state index in [1.54, 1.807) is 0 Å². The summed E-state index contributed by atoms with van der Waals surface area (Å²) in [5.41, 5.74) is 18.2. The first-order valence-electron chi connectivity index (χ1n) is 20.2. The van der Waals surface area contributed by atoms with E-state index < -0.39 is 0 Å². The molecule has 0 saturated heterocycles. The SMILES string of the molecule is C1=CC(N2C3=Cc4c(c5c(n4C4=Nc6ccccc6NC4c4ccccc4)C=C(c4ccccc4)CC5)CC3C3=C2CCc2c3oc3ccccc23)CCC1. The number of rotatable bonds is 3. The first kappa shape index (κ1) is 31.3. The van der Waals surface area contributed by atoms with Gasteiger partial charge in [0.25, 0.3) is 0 Å². The predicted octanol–water partition coefficient (Wildman–Crippen LogP) is 11.8. The Morgan fingerprint density at radius 2 is 1.51 bits per heavy atom. The van der Waals surface area contributed by atoms with Crippen molar-refractivity contribution in [1.82, 2.24) is 9.47 Å². The molecule has 5 heteroatoms. The van der Waals surface area contributed by atoms with Gasteiger partial charge in [0.15, 0.2) is 0 Å².